The summed E-state index contributed by atoms with van der Waals surface area (Å²) in [5, 5.41) is 16.8. The van der Waals surface area contributed by atoms with Gasteiger partial charge in [-0.3, -0.25) is 0 Å². The van der Waals surface area contributed by atoms with E-state index in [1.165, 1.54) is 0 Å². The highest BCUT2D eigenvalue weighted by Gasteiger charge is 2.16. The van der Waals surface area contributed by atoms with Crippen molar-refractivity contribution >= 4 is 0 Å². The van der Waals surface area contributed by atoms with Crippen LogP contribution in [0.2, 0.25) is 0 Å². The standard InChI is InChI=1S/C11H18N4O2/c1-9(5-7-16-2)15-11(8-17-3)10(4-6-12)13-14-15/h9H,4-5,7-8H2,1-3H3. The molecule has 1 heterocycles. The van der Waals surface area contributed by atoms with Crippen molar-refractivity contribution in [1.29, 1.82) is 5.26 Å². The SMILES string of the molecule is COCCC(C)n1nnc(CC#N)c1COC. The first-order chi connectivity index (χ1) is 8.24. The number of aromatic nitrogens is 3. The third-order valence-corrected chi connectivity index (χ3v) is 2.56. The Balaban J connectivity index is 2.86. The molecule has 6 nitrogen and oxygen atoms in total. The molecule has 1 rings (SSSR count). The van der Waals surface area contributed by atoms with E-state index in [9.17, 15) is 0 Å². The number of nitrogens with zero attached hydrogens (tertiary/aromatic N) is 4. The minimum absolute atomic E-state index is 0.181. The lowest BCUT2D eigenvalue weighted by Crippen LogP contribution is -2.14. The smallest absolute Gasteiger partial charge is 0.102 e. The summed E-state index contributed by atoms with van der Waals surface area (Å²) in [7, 11) is 3.29. The van der Waals surface area contributed by atoms with Gasteiger partial charge in [-0.2, -0.15) is 5.26 Å². The van der Waals surface area contributed by atoms with Crippen molar-refractivity contribution in [2.75, 3.05) is 20.8 Å². The Hall–Kier alpha value is -1.45. The Morgan fingerprint density at radius 1 is 1.41 bits per heavy atom. The van der Waals surface area contributed by atoms with Gasteiger partial charge in [0.15, 0.2) is 0 Å². The molecular weight excluding hydrogens is 220 g/mol. The minimum atomic E-state index is 0.181. The molecule has 6 heteroatoms. The second-order valence-corrected chi connectivity index (χ2v) is 3.83. The van der Waals surface area contributed by atoms with Gasteiger partial charge in [-0.1, -0.05) is 5.21 Å². The summed E-state index contributed by atoms with van der Waals surface area (Å²) in [6.45, 7) is 3.13. The highest BCUT2D eigenvalue weighted by molar-refractivity contribution is 5.14. The molecule has 1 atom stereocenters. The average Bonchev–Trinajstić information content (AvgIpc) is 2.71. The summed E-state index contributed by atoms with van der Waals surface area (Å²) in [6, 6.07) is 2.26. The highest BCUT2D eigenvalue weighted by Crippen LogP contribution is 2.16. The zero-order chi connectivity index (χ0) is 12.7. The highest BCUT2D eigenvalue weighted by atomic mass is 16.5. The van der Waals surface area contributed by atoms with Crippen molar-refractivity contribution in [3.05, 3.63) is 11.4 Å². The van der Waals surface area contributed by atoms with Crippen LogP contribution < -0.4 is 0 Å². The number of hydrogen-bond donors (Lipinski definition) is 0. The van der Waals surface area contributed by atoms with Gasteiger partial charge in [0, 0.05) is 20.8 Å². The average molecular weight is 238 g/mol. The zero-order valence-electron chi connectivity index (χ0n) is 10.5. The Bertz CT molecular complexity index is 383. The number of hydrogen-bond acceptors (Lipinski definition) is 5. The maximum Gasteiger partial charge on any atom is 0.102 e. The minimum Gasteiger partial charge on any atom is -0.385 e. The molecule has 17 heavy (non-hydrogen) atoms. The van der Waals surface area contributed by atoms with E-state index in [-0.39, 0.29) is 12.5 Å². The van der Waals surface area contributed by atoms with Crippen LogP contribution in [0.4, 0.5) is 0 Å². The number of methoxy groups -OCH3 is 2. The van der Waals surface area contributed by atoms with E-state index in [4.69, 9.17) is 14.7 Å². The van der Waals surface area contributed by atoms with Crippen molar-refractivity contribution in [3.63, 3.8) is 0 Å². The number of rotatable bonds is 7. The molecule has 0 spiro atoms. The molecule has 0 saturated heterocycles. The fourth-order valence-corrected chi connectivity index (χ4v) is 1.61. The molecule has 0 saturated carbocycles. The van der Waals surface area contributed by atoms with Crippen molar-refractivity contribution in [3.8, 4) is 6.07 Å². The molecule has 0 radical (unpaired) electrons. The summed E-state index contributed by atoms with van der Waals surface area (Å²) >= 11 is 0. The third-order valence-electron chi connectivity index (χ3n) is 2.56. The van der Waals surface area contributed by atoms with Gasteiger partial charge in [-0.15, -0.1) is 5.10 Å². The van der Waals surface area contributed by atoms with Crippen LogP contribution in [0.25, 0.3) is 0 Å². The van der Waals surface area contributed by atoms with Gasteiger partial charge >= 0.3 is 0 Å². The van der Waals surface area contributed by atoms with Crippen LogP contribution in [-0.2, 0) is 22.5 Å². The Morgan fingerprint density at radius 2 is 2.18 bits per heavy atom. The first kappa shape index (κ1) is 13.6. The van der Waals surface area contributed by atoms with Crippen molar-refractivity contribution in [2.24, 2.45) is 0 Å². The summed E-state index contributed by atoms with van der Waals surface area (Å²) in [6.07, 6.45) is 1.11. The molecule has 0 amide bonds. The lowest BCUT2D eigenvalue weighted by Gasteiger charge is -2.14. The quantitative estimate of drug-likeness (QED) is 0.711. The predicted molar refractivity (Wildman–Crippen MR) is 61.3 cm³/mol. The molecule has 0 aliphatic heterocycles. The second-order valence-electron chi connectivity index (χ2n) is 3.83. The first-order valence-corrected chi connectivity index (χ1v) is 5.52. The molecular formula is C11H18N4O2. The van der Waals surface area contributed by atoms with Crippen molar-refractivity contribution < 1.29 is 9.47 Å². The fourth-order valence-electron chi connectivity index (χ4n) is 1.61. The van der Waals surface area contributed by atoms with Crippen LogP contribution >= 0.6 is 0 Å². The molecule has 0 N–H and O–H groups in total. The molecule has 0 aliphatic rings. The van der Waals surface area contributed by atoms with Gasteiger partial charge < -0.3 is 9.47 Å². The largest absolute Gasteiger partial charge is 0.385 e. The van der Waals surface area contributed by atoms with Gasteiger partial charge in [0.1, 0.15) is 5.69 Å². The molecule has 0 fully saturated rings. The van der Waals surface area contributed by atoms with Crippen LogP contribution in [0.1, 0.15) is 30.8 Å². The normalized spacial score (nSPS) is 12.4. The van der Waals surface area contributed by atoms with E-state index in [1.807, 2.05) is 11.6 Å². The second kappa shape index (κ2) is 6.99. The molecule has 1 unspecified atom stereocenters. The summed E-state index contributed by atoms with van der Waals surface area (Å²) in [5.41, 5.74) is 1.57. The molecule has 0 bridgehead atoms. The third kappa shape index (κ3) is 3.51. The van der Waals surface area contributed by atoms with Gasteiger partial charge in [0.2, 0.25) is 0 Å². The fraction of sp³-hybridized carbons (Fsp3) is 0.727. The van der Waals surface area contributed by atoms with Crippen molar-refractivity contribution in [1.82, 2.24) is 15.0 Å². The van der Waals surface area contributed by atoms with Gasteiger partial charge in [0.25, 0.3) is 0 Å². The molecule has 1 aromatic rings. The van der Waals surface area contributed by atoms with E-state index >= 15 is 0 Å². The maximum absolute atomic E-state index is 8.71. The monoisotopic (exact) mass is 238 g/mol. The van der Waals surface area contributed by atoms with Gasteiger partial charge in [0.05, 0.1) is 30.8 Å². The Labute approximate surface area is 101 Å². The van der Waals surface area contributed by atoms with E-state index in [0.29, 0.717) is 18.9 Å². The van der Waals surface area contributed by atoms with Crippen LogP contribution in [0, 0.1) is 11.3 Å². The number of ether oxygens (including phenoxy) is 2. The van der Waals surface area contributed by atoms with Crippen LogP contribution in [0.5, 0.6) is 0 Å². The first-order valence-electron chi connectivity index (χ1n) is 5.52. The lowest BCUT2D eigenvalue weighted by atomic mass is 10.2. The summed E-state index contributed by atoms with van der Waals surface area (Å²) in [4.78, 5) is 0. The summed E-state index contributed by atoms with van der Waals surface area (Å²) < 4.78 is 12.0. The number of nitriles is 1. The van der Waals surface area contributed by atoms with E-state index in [0.717, 1.165) is 12.1 Å². The Morgan fingerprint density at radius 3 is 2.76 bits per heavy atom. The van der Waals surface area contributed by atoms with Crippen LogP contribution in [-0.4, -0.2) is 35.8 Å². The maximum atomic E-state index is 8.71. The molecule has 94 valence electrons. The van der Waals surface area contributed by atoms with Crippen LogP contribution in [0.15, 0.2) is 0 Å². The van der Waals surface area contributed by atoms with E-state index < -0.39 is 0 Å². The summed E-state index contributed by atoms with van der Waals surface area (Å²) in [5.74, 6) is 0. The zero-order valence-corrected chi connectivity index (χ0v) is 10.5. The Kier molecular flexibility index (Phi) is 5.60. The van der Waals surface area contributed by atoms with Crippen LogP contribution in [0.3, 0.4) is 0 Å². The predicted octanol–water partition coefficient (Wildman–Crippen LogP) is 1.09. The van der Waals surface area contributed by atoms with E-state index in [2.05, 4.69) is 16.4 Å². The van der Waals surface area contributed by atoms with Crippen molar-refractivity contribution in [2.45, 2.75) is 32.4 Å². The van der Waals surface area contributed by atoms with E-state index in [1.54, 1.807) is 14.2 Å². The molecule has 0 aliphatic carbocycles. The van der Waals surface area contributed by atoms with Gasteiger partial charge in [-0.25, -0.2) is 4.68 Å². The topological polar surface area (TPSA) is 73.0 Å². The lowest BCUT2D eigenvalue weighted by molar-refractivity contribution is 0.161. The van der Waals surface area contributed by atoms with Gasteiger partial charge in [-0.05, 0) is 13.3 Å². The molecule has 1 aromatic heterocycles. The molecule has 0 aromatic carbocycles.